The second-order valence-electron chi connectivity index (χ2n) is 3.91. The molecule has 0 bridgehead atoms. The third-order valence-electron chi connectivity index (χ3n) is 2.51. The molecule has 18 heavy (non-hydrogen) atoms. The molecule has 0 aromatic heterocycles. The average Bonchev–Trinajstić information content (AvgIpc) is 2.38. The van der Waals surface area contributed by atoms with Crippen molar-refractivity contribution in [2.75, 3.05) is 0 Å². The Morgan fingerprint density at radius 1 is 1.06 bits per heavy atom. The van der Waals surface area contributed by atoms with Gasteiger partial charge in [-0.05, 0) is 36.8 Å². The highest BCUT2D eigenvalue weighted by atomic mass is 19.1. The molecule has 0 aliphatic carbocycles. The molecule has 0 N–H and O–H groups in total. The molecule has 2 aromatic rings. The van der Waals surface area contributed by atoms with E-state index in [0.29, 0.717) is 11.3 Å². The molecular weight excluding hydrogens is 229 g/mol. The summed E-state index contributed by atoms with van der Waals surface area (Å²) in [5.41, 5.74) is 2.25. The summed E-state index contributed by atoms with van der Waals surface area (Å²) < 4.78 is 12.7. The second-order valence-corrected chi connectivity index (χ2v) is 3.91. The van der Waals surface area contributed by atoms with Crippen LogP contribution in [0.5, 0.6) is 0 Å². The van der Waals surface area contributed by atoms with Crippen molar-refractivity contribution in [1.29, 1.82) is 0 Å². The van der Waals surface area contributed by atoms with Crippen LogP contribution in [0, 0.1) is 5.82 Å². The third-order valence-corrected chi connectivity index (χ3v) is 2.51. The van der Waals surface area contributed by atoms with Crippen LogP contribution in [-0.2, 0) is 0 Å². The van der Waals surface area contributed by atoms with Crippen LogP contribution in [0.2, 0.25) is 0 Å². The zero-order chi connectivity index (χ0) is 13.0. The van der Waals surface area contributed by atoms with Gasteiger partial charge in [-0.1, -0.05) is 24.3 Å². The topological polar surface area (TPSA) is 29.4 Å². The highest BCUT2D eigenvalue weighted by molar-refractivity contribution is 5.95. The van der Waals surface area contributed by atoms with Crippen LogP contribution < -0.4 is 0 Å². The van der Waals surface area contributed by atoms with Crippen molar-refractivity contribution in [2.45, 2.75) is 6.92 Å². The Morgan fingerprint density at radius 3 is 2.22 bits per heavy atom. The first-order chi connectivity index (χ1) is 8.65. The fourth-order valence-electron chi connectivity index (χ4n) is 1.48. The molecule has 0 saturated carbocycles. The predicted octanol–water partition coefficient (Wildman–Crippen LogP) is 3.78. The molecular formula is C15H12FNO. The molecule has 2 aromatic carbocycles. The zero-order valence-corrected chi connectivity index (χ0v) is 9.93. The molecule has 0 fully saturated rings. The molecule has 0 aliphatic rings. The maximum atomic E-state index is 12.7. The van der Waals surface area contributed by atoms with Crippen LogP contribution >= 0.6 is 0 Å². The maximum Gasteiger partial charge on any atom is 0.159 e. The SMILES string of the molecule is CC(=O)c1ccc(C=Nc2ccc(F)cc2)cc1. The quantitative estimate of drug-likeness (QED) is 0.594. The minimum atomic E-state index is -0.278. The Morgan fingerprint density at radius 2 is 1.67 bits per heavy atom. The highest BCUT2D eigenvalue weighted by Gasteiger charge is 1.97. The van der Waals surface area contributed by atoms with Crippen molar-refractivity contribution in [3.63, 3.8) is 0 Å². The van der Waals surface area contributed by atoms with Crippen LogP contribution in [0.15, 0.2) is 53.5 Å². The van der Waals surface area contributed by atoms with E-state index in [9.17, 15) is 9.18 Å². The predicted molar refractivity (Wildman–Crippen MR) is 70.1 cm³/mol. The number of benzene rings is 2. The number of ketones is 1. The first kappa shape index (κ1) is 12.2. The minimum Gasteiger partial charge on any atom is -0.295 e. The van der Waals surface area contributed by atoms with Crippen molar-refractivity contribution in [1.82, 2.24) is 0 Å². The molecule has 2 nitrogen and oxygen atoms in total. The van der Waals surface area contributed by atoms with Gasteiger partial charge in [0, 0.05) is 11.8 Å². The largest absolute Gasteiger partial charge is 0.295 e. The number of hydrogen-bond donors (Lipinski definition) is 0. The van der Waals surface area contributed by atoms with Crippen LogP contribution in [0.1, 0.15) is 22.8 Å². The van der Waals surface area contributed by atoms with E-state index in [0.717, 1.165) is 5.56 Å². The Bertz CT molecular complexity index is 570. The van der Waals surface area contributed by atoms with Crippen molar-refractivity contribution in [3.05, 3.63) is 65.5 Å². The van der Waals surface area contributed by atoms with E-state index in [2.05, 4.69) is 4.99 Å². The normalized spacial score (nSPS) is 10.8. The van der Waals surface area contributed by atoms with Gasteiger partial charge in [0.15, 0.2) is 5.78 Å². The van der Waals surface area contributed by atoms with Gasteiger partial charge < -0.3 is 0 Å². The lowest BCUT2D eigenvalue weighted by Crippen LogP contribution is -1.91. The molecule has 0 spiro atoms. The lowest BCUT2D eigenvalue weighted by Gasteiger charge is -1.97. The molecule has 2 rings (SSSR count). The van der Waals surface area contributed by atoms with Crippen molar-refractivity contribution >= 4 is 17.7 Å². The lowest BCUT2D eigenvalue weighted by molar-refractivity contribution is 0.101. The van der Waals surface area contributed by atoms with E-state index in [1.165, 1.54) is 19.1 Å². The van der Waals surface area contributed by atoms with E-state index >= 15 is 0 Å². The van der Waals surface area contributed by atoms with Crippen molar-refractivity contribution < 1.29 is 9.18 Å². The van der Waals surface area contributed by atoms with E-state index in [1.807, 2.05) is 12.1 Å². The Kier molecular flexibility index (Phi) is 3.63. The first-order valence-electron chi connectivity index (χ1n) is 5.56. The van der Waals surface area contributed by atoms with Crippen LogP contribution in [0.25, 0.3) is 0 Å². The fourth-order valence-corrected chi connectivity index (χ4v) is 1.48. The van der Waals surface area contributed by atoms with Gasteiger partial charge in [0.1, 0.15) is 5.82 Å². The molecule has 0 unspecified atom stereocenters. The van der Waals surface area contributed by atoms with E-state index < -0.39 is 0 Å². The van der Waals surface area contributed by atoms with Gasteiger partial charge in [-0.3, -0.25) is 9.79 Å². The van der Waals surface area contributed by atoms with Gasteiger partial charge >= 0.3 is 0 Å². The number of carbonyl (C=O) groups excluding carboxylic acids is 1. The van der Waals surface area contributed by atoms with Crippen molar-refractivity contribution in [3.8, 4) is 0 Å². The van der Waals surface area contributed by atoms with E-state index in [4.69, 9.17) is 0 Å². The lowest BCUT2D eigenvalue weighted by atomic mass is 10.1. The average molecular weight is 241 g/mol. The Hall–Kier alpha value is -2.29. The van der Waals surface area contributed by atoms with Crippen LogP contribution in [-0.4, -0.2) is 12.0 Å². The zero-order valence-electron chi connectivity index (χ0n) is 9.93. The molecule has 0 aliphatic heterocycles. The number of Topliss-reactive ketones (excluding diaryl/α,β-unsaturated/α-hetero) is 1. The summed E-state index contributed by atoms with van der Waals surface area (Å²) >= 11 is 0. The Labute approximate surface area is 105 Å². The van der Waals surface area contributed by atoms with Crippen molar-refractivity contribution in [2.24, 2.45) is 4.99 Å². The van der Waals surface area contributed by atoms with Gasteiger partial charge in [-0.2, -0.15) is 0 Å². The van der Waals surface area contributed by atoms with Crippen LogP contribution in [0.3, 0.4) is 0 Å². The van der Waals surface area contributed by atoms with Gasteiger partial charge in [0.25, 0.3) is 0 Å². The number of aliphatic imine (C=N–C) groups is 1. The molecule has 0 amide bonds. The number of halogens is 1. The molecule has 0 heterocycles. The second kappa shape index (κ2) is 5.36. The molecule has 0 radical (unpaired) electrons. The third kappa shape index (κ3) is 3.10. The summed E-state index contributed by atoms with van der Waals surface area (Å²) in [4.78, 5) is 15.3. The highest BCUT2D eigenvalue weighted by Crippen LogP contribution is 2.12. The molecule has 0 saturated heterocycles. The minimum absolute atomic E-state index is 0.0389. The van der Waals surface area contributed by atoms with Gasteiger partial charge in [-0.25, -0.2) is 4.39 Å². The number of hydrogen-bond acceptors (Lipinski definition) is 2. The summed E-state index contributed by atoms with van der Waals surface area (Å²) in [5, 5.41) is 0. The maximum absolute atomic E-state index is 12.7. The smallest absolute Gasteiger partial charge is 0.159 e. The first-order valence-corrected chi connectivity index (χ1v) is 5.56. The molecule has 90 valence electrons. The number of nitrogens with zero attached hydrogens (tertiary/aromatic N) is 1. The summed E-state index contributed by atoms with van der Waals surface area (Å²) in [6, 6.07) is 13.1. The molecule has 0 atom stereocenters. The fraction of sp³-hybridized carbons (Fsp3) is 0.0667. The van der Waals surface area contributed by atoms with Gasteiger partial charge in [0.05, 0.1) is 5.69 Å². The number of carbonyl (C=O) groups is 1. The summed E-state index contributed by atoms with van der Waals surface area (Å²) in [6.07, 6.45) is 1.68. The standard InChI is InChI=1S/C15H12FNO/c1-11(18)13-4-2-12(3-5-13)10-17-15-8-6-14(16)7-9-15/h2-10H,1H3. The molecule has 3 heteroatoms. The summed E-state index contributed by atoms with van der Waals surface area (Å²) in [7, 11) is 0. The van der Waals surface area contributed by atoms with Gasteiger partial charge in [0.2, 0.25) is 0 Å². The van der Waals surface area contributed by atoms with Crippen LogP contribution in [0.4, 0.5) is 10.1 Å². The summed E-state index contributed by atoms with van der Waals surface area (Å²) in [6.45, 7) is 1.53. The Balaban J connectivity index is 2.13. The van der Waals surface area contributed by atoms with Gasteiger partial charge in [-0.15, -0.1) is 0 Å². The van der Waals surface area contributed by atoms with E-state index in [1.54, 1.807) is 30.5 Å². The monoisotopic (exact) mass is 241 g/mol. The summed E-state index contributed by atoms with van der Waals surface area (Å²) in [5.74, 6) is -0.239. The number of rotatable bonds is 3. The van der Waals surface area contributed by atoms with E-state index in [-0.39, 0.29) is 11.6 Å².